The monoisotopic (exact) mass is 493 g/mol. The Labute approximate surface area is 202 Å². The van der Waals surface area contributed by atoms with Crippen LogP contribution < -0.4 is 9.47 Å². The van der Waals surface area contributed by atoms with Crippen LogP contribution in [0.2, 0.25) is 10.0 Å². The van der Waals surface area contributed by atoms with Crippen molar-refractivity contribution in [3.05, 3.63) is 63.1 Å². The van der Waals surface area contributed by atoms with E-state index in [4.69, 9.17) is 37.4 Å². The Balaban J connectivity index is 2.13. The summed E-state index contributed by atoms with van der Waals surface area (Å²) < 4.78 is 16.0. The molecular weight excluding hydrogens is 469 g/mol. The number of carbonyl (C=O) groups is 2. The van der Waals surface area contributed by atoms with Gasteiger partial charge in [0.05, 0.1) is 48.6 Å². The maximum atomic E-state index is 13.1. The molecule has 1 atom stereocenters. The van der Waals surface area contributed by atoms with E-state index in [-0.39, 0.29) is 51.9 Å². The number of rotatable bonds is 8. The lowest BCUT2D eigenvalue weighted by molar-refractivity contribution is -0.140. The number of hydrogen-bond acceptors (Lipinski definition) is 6. The van der Waals surface area contributed by atoms with E-state index in [1.54, 1.807) is 31.4 Å². The number of nitrogens with zero attached hydrogens (tertiary/aromatic N) is 1. The number of carbonyl (C=O) groups excluding carboxylic acids is 2. The molecule has 176 valence electrons. The predicted molar refractivity (Wildman–Crippen MR) is 126 cm³/mol. The lowest BCUT2D eigenvalue weighted by Gasteiger charge is -2.26. The van der Waals surface area contributed by atoms with Crippen LogP contribution in [0.4, 0.5) is 0 Å². The number of ether oxygens (including phenoxy) is 3. The quantitative estimate of drug-likeness (QED) is 0.321. The second-order valence-corrected chi connectivity index (χ2v) is 8.47. The molecule has 0 aromatic heterocycles. The first-order valence-electron chi connectivity index (χ1n) is 10.3. The van der Waals surface area contributed by atoms with Gasteiger partial charge in [0.2, 0.25) is 0 Å². The minimum absolute atomic E-state index is 0.0372. The van der Waals surface area contributed by atoms with Crippen molar-refractivity contribution in [2.45, 2.75) is 26.0 Å². The van der Waals surface area contributed by atoms with E-state index >= 15 is 0 Å². The lowest BCUT2D eigenvalue weighted by atomic mass is 9.95. The minimum Gasteiger partial charge on any atom is -0.507 e. The summed E-state index contributed by atoms with van der Waals surface area (Å²) in [7, 11) is 2.96. The van der Waals surface area contributed by atoms with Crippen LogP contribution in [0.1, 0.15) is 31.0 Å². The Morgan fingerprint density at radius 1 is 1.06 bits per heavy atom. The van der Waals surface area contributed by atoms with Gasteiger partial charge in [0.15, 0.2) is 5.75 Å². The minimum atomic E-state index is -0.827. The van der Waals surface area contributed by atoms with Gasteiger partial charge in [0.1, 0.15) is 11.5 Å². The van der Waals surface area contributed by atoms with Gasteiger partial charge in [-0.3, -0.25) is 9.59 Å². The van der Waals surface area contributed by atoms with E-state index in [1.807, 2.05) is 13.8 Å². The van der Waals surface area contributed by atoms with Gasteiger partial charge in [0.25, 0.3) is 11.7 Å². The maximum absolute atomic E-state index is 13.1. The van der Waals surface area contributed by atoms with Crippen LogP contribution in [0, 0.1) is 0 Å². The molecule has 0 saturated carbocycles. The number of aliphatic hydroxyl groups excluding tert-OH is 1. The highest BCUT2D eigenvalue weighted by molar-refractivity contribution is 6.46. The van der Waals surface area contributed by atoms with Crippen molar-refractivity contribution >= 4 is 40.7 Å². The van der Waals surface area contributed by atoms with E-state index in [0.717, 1.165) is 0 Å². The molecule has 2 aromatic rings. The first kappa shape index (κ1) is 24.9. The van der Waals surface area contributed by atoms with Crippen LogP contribution in [-0.2, 0) is 14.3 Å². The third-order valence-electron chi connectivity index (χ3n) is 5.23. The van der Waals surface area contributed by atoms with E-state index in [2.05, 4.69) is 0 Å². The molecule has 33 heavy (non-hydrogen) atoms. The fourth-order valence-electron chi connectivity index (χ4n) is 3.68. The summed E-state index contributed by atoms with van der Waals surface area (Å²) in [5.74, 6) is -1.05. The van der Waals surface area contributed by atoms with E-state index in [0.29, 0.717) is 11.3 Å². The zero-order chi connectivity index (χ0) is 24.3. The molecule has 7 nitrogen and oxygen atoms in total. The molecule has 1 fully saturated rings. The topological polar surface area (TPSA) is 85.3 Å². The molecule has 1 aliphatic heterocycles. The van der Waals surface area contributed by atoms with Crippen LogP contribution in [-0.4, -0.2) is 55.2 Å². The van der Waals surface area contributed by atoms with Gasteiger partial charge in [-0.25, -0.2) is 0 Å². The molecule has 0 spiro atoms. The van der Waals surface area contributed by atoms with Crippen LogP contribution in [0.5, 0.6) is 11.5 Å². The first-order chi connectivity index (χ1) is 15.7. The van der Waals surface area contributed by atoms with Crippen molar-refractivity contribution in [2.24, 2.45) is 0 Å². The number of likely N-dealkylation sites (tertiary alicyclic amines) is 1. The second-order valence-electron chi connectivity index (χ2n) is 7.66. The standard InChI is InChI=1S/C24H25Cl2NO6/c1-13(2)33-10-9-27-20(14-5-7-16(31-3)8-6-14)19(22(29)24(27)30)21(28)15-11-17(25)23(32-4)18(26)12-15/h5-8,11-13,20,28H,9-10H2,1-4H3/b21-19+. The Kier molecular flexibility index (Phi) is 7.89. The maximum Gasteiger partial charge on any atom is 0.295 e. The Morgan fingerprint density at radius 3 is 2.18 bits per heavy atom. The molecule has 1 unspecified atom stereocenters. The summed E-state index contributed by atoms with van der Waals surface area (Å²) in [6.07, 6.45) is -0.0372. The SMILES string of the molecule is COc1ccc(C2/C(=C(\O)c3cc(Cl)c(OC)c(Cl)c3)C(=O)C(=O)N2CCOC(C)C)cc1. The zero-order valence-corrected chi connectivity index (χ0v) is 20.2. The van der Waals surface area contributed by atoms with Crippen molar-refractivity contribution in [2.75, 3.05) is 27.4 Å². The highest BCUT2D eigenvalue weighted by atomic mass is 35.5. The number of halogens is 2. The number of Topliss-reactive ketones (excluding diaryl/α,β-unsaturated/α-hetero) is 1. The second kappa shape index (κ2) is 10.5. The zero-order valence-electron chi connectivity index (χ0n) is 18.7. The number of hydrogen-bond donors (Lipinski definition) is 1. The van der Waals surface area contributed by atoms with E-state index in [9.17, 15) is 14.7 Å². The number of aliphatic hydroxyl groups is 1. The summed E-state index contributed by atoms with van der Waals surface area (Å²) in [6.45, 7) is 4.16. The summed E-state index contributed by atoms with van der Waals surface area (Å²) in [4.78, 5) is 27.4. The third kappa shape index (κ3) is 5.11. The normalized spacial score (nSPS) is 17.7. The molecule has 0 aliphatic carbocycles. The molecule has 3 rings (SSSR count). The molecule has 1 heterocycles. The van der Waals surface area contributed by atoms with Gasteiger partial charge >= 0.3 is 0 Å². The molecule has 1 saturated heterocycles. The summed E-state index contributed by atoms with van der Waals surface area (Å²) in [5, 5.41) is 11.5. The summed E-state index contributed by atoms with van der Waals surface area (Å²) >= 11 is 12.5. The molecule has 2 aromatic carbocycles. The van der Waals surface area contributed by atoms with Gasteiger partial charge in [-0.2, -0.15) is 0 Å². The molecular formula is C24H25Cl2NO6. The first-order valence-corrected chi connectivity index (χ1v) is 11.0. The van der Waals surface area contributed by atoms with Crippen molar-refractivity contribution in [3.8, 4) is 11.5 Å². The molecule has 1 N–H and O–H groups in total. The van der Waals surface area contributed by atoms with Gasteiger partial charge in [-0.05, 0) is 43.7 Å². The van der Waals surface area contributed by atoms with Crippen LogP contribution >= 0.6 is 23.2 Å². The van der Waals surface area contributed by atoms with Crippen LogP contribution in [0.25, 0.3) is 5.76 Å². The van der Waals surface area contributed by atoms with Crippen molar-refractivity contribution < 1.29 is 28.9 Å². The van der Waals surface area contributed by atoms with E-state index < -0.39 is 17.7 Å². The lowest BCUT2D eigenvalue weighted by Crippen LogP contribution is -2.33. The van der Waals surface area contributed by atoms with Crippen LogP contribution in [0.15, 0.2) is 42.0 Å². The fourth-order valence-corrected chi connectivity index (χ4v) is 4.32. The van der Waals surface area contributed by atoms with Crippen molar-refractivity contribution in [3.63, 3.8) is 0 Å². The Hall–Kier alpha value is -2.74. The molecule has 9 heteroatoms. The van der Waals surface area contributed by atoms with Gasteiger partial charge < -0.3 is 24.2 Å². The summed E-state index contributed by atoms with van der Waals surface area (Å²) in [5.41, 5.74) is 0.763. The Bertz CT molecular complexity index is 1060. The largest absolute Gasteiger partial charge is 0.507 e. The highest BCUT2D eigenvalue weighted by Crippen LogP contribution is 2.42. The molecule has 0 bridgehead atoms. The number of ketones is 1. The third-order valence-corrected chi connectivity index (χ3v) is 5.79. The average Bonchev–Trinajstić information content (AvgIpc) is 3.03. The number of benzene rings is 2. The molecule has 0 radical (unpaired) electrons. The van der Waals surface area contributed by atoms with Crippen LogP contribution in [0.3, 0.4) is 0 Å². The van der Waals surface area contributed by atoms with Gasteiger partial charge in [0, 0.05) is 12.1 Å². The average molecular weight is 494 g/mol. The van der Waals surface area contributed by atoms with Crippen molar-refractivity contribution in [1.29, 1.82) is 0 Å². The highest BCUT2D eigenvalue weighted by Gasteiger charge is 2.46. The Morgan fingerprint density at radius 2 is 1.67 bits per heavy atom. The van der Waals surface area contributed by atoms with E-state index in [1.165, 1.54) is 24.1 Å². The summed E-state index contributed by atoms with van der Waals surface area (Å²) in [6, 6.07) is 8.97. The smallest absolute Gasteiger partial charge is 0.295 e. The molecule has 1 aliphatic rings. The van der Waals surface area contributed by atoms with Crippen molar-refractivity contribution in [1.82, 2.24) is 4.90 Å². The van der Waals surface area contributed by atoms with Gasteiger partial charge in [-0.1, -0.05) is 35.3 Å². The fraction of sp³-hybridized carbons (Fsp3) is 0.333. The molecule has 1 amide bonds. The predicted octanol–water partition coefficient (Wildman–Crippen LogP) is 4.86. The number of amides is 1. The number of methoxy groups -OCH3 is 2. The van der Waals surface area contributed by atoms with Gasteiger partial charge in [-0.15, -0.1) is 0 Å².